The Labute approximate surface area is 212 Å². The monoisotopic (exact) mass is 532 g/mol. The normalized spacial score (nSPS) is 13.5. The highest BCUT2D eigenvalue weighted by Gasteiger charge is 2.27. The standard InChI is InChI=1S/C22H29N8O6P/c1-4-35-21(32)13(2)36-37(33,34)10-9-25-20(31)14-5-7-16(8-6-14)30(3)12-15-11-26-19-17(27-15)18(23)28-22(24)29-19/h5-8,11,13H,4,9-10,12H2,1-3H3,(H,25,31)(H,33,34)(H4,23,24,26,28,29). The molecule has 15 heteroatoms. The van der Waals surface area contributed by atoms with Gasteiger partial charge in [0.25, 0.3) is 5.91 Å². The van der Waals surface area contributed by atoms with Gasteiger partial charge in [-0.05, 0) is 38.1 Å². The first-order valence-electron chi connectivity index (χ1n) is 11.3. The number of ether oxygens (including phenoxy) is 1. The van der Waals surface area contributed by atoms with Crippen LogP contribution in [0.2, 0.25) is 0 Å². The highest BCUT2D eigenvalue weighted by molar-refractivity contribution is 7.52. The van der Waals surface area contributed by atoms with Crippen LogP contribution in [0.1, 0.15) is 29.9 Å². The Morgan fingerprint density at radius 1 is 1.19 bits per heavy atom. The Bertz CT molecular complexity index is 1320. The van der Waals surface area contributed by atoms with Gasteiger partial charge in [0.1, 0.15) is 0 Å². The molecule has 0 fully saturated rings. The number of nitrogens with one attached hydrogen (secondary N) is 1. The van der Waals surface area contributed by atoms with Crippen molar-refractivity contribution in [3.05, 3.63) is 41.7 Å². The lowest BCUT2D eigenvalue weighted by Crippen LogP contribution is -2.28. The average molecular weight is 532 g/mol. The second-order valence-electron chi connectivity index (χ2n) is 8.02. The molecule has 0 aliphatic heterocycles. The van der Waals surface area contributed by atoms with E-state index in [0.717, 1.165) is 5.69 Å². The van der Waals surface area contributed by atoms with Gasteiger partial charge in [-0.1, -0.05) is 0 Å². The zero-order valence-electron chi connectivity index (χ0n) is 20.6. The van der Waals surface area contributed by atoms with Crippen molar-refractivity contribution < 1.29 is 28.3 Å². The number of amides is 1. The van der Waals surface area contributed by atoms with Gasteiger partial charge in [-0.2, -0.15) is 9.97 Å². The Hall–Kier alpha value is -3.87. The number of fused-ring (bicyclic) bond motifs is 1. The molecule has 0 saturated carbocycles. The van der Waals surface area contributed by atoms with E-state index >= 15 is 0 Å². The molecule has 0 aliphatic rings. The lowest BCUT2D eigenvalue weighted by molar-refractivity contribution is -0.150. The van der Waals surface area contributed by atoms with Gasteiger partial charge in [-0.3, -0.25) is 13.9 Å². The molecule has 3 aromatic rings. The molecule has 0 radical (unpaired) electrons. The Kier molecular flexibility index (Phi) is 8.92. The van der Waals surface area contributed by atoms with Crippen LogP contribution in [0.5, 0.6) is 0 Å². The summed E-state index contributed by atoms with van der Waals surface area (Å²) in [6.07, 6.45) is 0.0167. The van der Waals surface area contributed by atoms with Crippen molar-refractivity contribution in [3.8, 4) is 0 Å². The average Bonchev–Trinajstić information content (AvgIpc) is 2.84. The molecule has 1 aromatic carbocycles. The van der Waals surface area contributed by atoms with E-state index in [-0.39, 0.29) is 31.1 Å². The van der Waals surface area contributed by atoms with Gasteiger partial charge in [-0.15, -0.1) is 0 Å². The number of hydrogen-bond acceptors (Lipinski definition) is 12. The predicted octanol–water partition coefficient (Wildman–Crippen LogP) is 1.10. The third-order valence-corrected chi connectivity index (χ3v) is 6.53. The van der Waals surface area contributed by atoms with E-state index in [2.05, 4.69) is 25.3 Å². The number of nitrogens with two attached hydrogens (primary N) is 2. The number of rotatable bonds is 11. The molecule has 3 rings (SSSR count). The molecule has 2 unspecified atom stereocenters. The van der Waals surface area contributed by atoms with Crippen LogP contribution in [0.4, 0.5) is 17.5 Å². The maximum atomic E-state index is 12.4. The minimum atomic E-state index is -4.10. The Morgan fingerprint density at radius 3 is 2.57 bits per heavy atom. The lowest BCUT2D eigenvalue weighted by Gasteiger charge is -2.19. The van der Waals surface area contributed by atoms with E-state index < -0.39 is 25.6 Å². The fraction of sp³-hybridized carbons (Fsp3) is 0.364. The SMILES string of the molecule is CCOC(=O)C(C)OP(=O)(O)CCNC(=O)c1ccc(N(C)Cc2cnc3nc(N)nc(N)c3n2)cc1. The molecule has 2 aromatic heterocycles. The van der Waals surface area contributed by atoms with E-state index in [9.17, 15) is 19.0 Å². The highest BCUT2D eigenvalue weighted by Crippen LogP contribution is 2.42. The minimum Gasteiger partial charge on any atom is -0.464 e. The second kappa shape index (κ2) is 11.9. The number of nitrogens with zero attached hydrogens (tertiary/aromatic N) is 5. The summed E-state index contributed by atoms with van der Waals surface area (Å²) >= 11 is 0. The third-order valence-electron chi connectivity index (χ3n) is 5.09. The van der Waals surface area contributed by atoms with E-state index in [0.29, 0.717) is 29.0 Å². The predicted molar refractivity (Wildman–Crippen MR) is 137 cm³/mol. The van der Waals surface area contributed by atoms with Gasteiger partial charge in [0.15, 0.2) is 23.1 Å². The highest BCUT2D eigenvalue weighted by atomic mass is 31.2. The van der Waals surface area contributed by atoms with Crippen LogP contribution in [0.15, 0.2) is 30.5 Å². The Balaban J connectivity index is 1.54. The van der Waals surface area contributed by atoms with Crippen molar-refractivity contribution in [1.82, 2.24) is 25.3 Å². The maximum Gasteiger partial charge on any atom is 0.335 e. The van der Waals surface area contributed by atoms with Crippen LogP contribution in [0, 0.1) is 0 Å². The van der Waals surface area contributed by atoms with Crippen molar-refractivity contribution in [3.63, 3.8) is 0 Å². The first kappa shape index (κ1) is 27.7. The number of aromatic nitrogens is 4. The van der Waals surface area contributed by atoms with Crippen molar-refractivity contribution in [2.75, 3.05) is 42.7 Å². The number of hydrogen-bond donors (Lipinski definition) is 4. The third kappa shape index (κ3) is 7.56. The fourth-order valence-electron chi connectivity index (χ4n) is 3.28. The smallest absolute Gasteiger partial charge is 0.335 e. The Morgan fingerprint density at radius 2 is 1.89 bits per heavy atom. The molecule has 2 heterocycles. The van der Waals surface area contributed by atoms with Crippen molar-refractivity contribution in [1.29, 1.82) is 0 Å². The van der Waals surface area contributed by atoms with Crippen LogP contribution in [-0.2, 0) is 25.2 Å². The lowest BCUT2D eigenvalue weighted by atomic mass is 10.2. The minimum absolute atomic E-state index is 0.0237. The van der Waals surface area contributed by atoms with E-state index in [4.69, 9.17) is 20.7 Å². The summed E-state index contributed by atoms with van der Waals surface area (Å²) in [7, 11) is -2.26. The summed E-state index contributed by atoms with van der Waals surface area (Å²) in [4.78, 5) is 52.5. The van der Waals surface area contributed by atoms with E-state index in [1.807, 2.05) is 11.9 Å². The van der Waals surface area contributed by atoms with Gasteiger partial charge < -0.3 is 31.3 Å². The molecule has 6 N–H and O–H groups in total. The van der Waals surface area contributed by atoms with Crippen LogP contribution in [-0.4, -0.2) is 69.2 Å². The molecule has 0 spiro atoms. The fourth-order valence-corrected chi connectivity index (χ4v) is 4.36. The molecule has 1 amide bonds. The summed E-state index contributed by atoms with van der Waals surface area (Å²) in [6, 6.07) is 6.75. The largest absolute Gasteiger partial charge is 0.464 e. The van der Waals surface area contributed by atoms with Crippen molar-refractivity contribution in [2.24, 2.45) is 0 Å². The molecule has 37 heavy (non-hydrogen) atoms. The summed E-state index contributed by atoms with van der Waals surface area (Å²) < 4.78 is 21.8. The number of carbonyl (C=O) groups excluding carboxylic acids is 2. The maximum absolute atomic E-state index is 12.4. The van der Waals surface area contributed by atoms with Crippen LogP contribution < -0.4 is 21.7 Å². The van der Waals surface area contributed by atoms with Crippen LogP contribution >= 0.6 is 7.60 Å². The molecule has 198 valence electrons. The van der Waals surface area contributed by atoms with E-state index in [1.54, 1.807) is 37.4 Å². The second-order valence-corrected chi connectivity index (χ2v) is 9.95. The summed E-state index contributed by atoms with van der Waals surface area (Å²) in [5.74, 6) is -0.993. The number of esters is 1. The molecule has 14 nitrogen and oxygen atoms in total. The zero-order chi connectivity index (χ0) is 27.2. The number of carbonyl (C=O) groups is 2. The number of anilines is 3. The molecule has 0 saturated heterocycles. The summed E-state index contributed by atoms with van der Waals surface area (Å²) in [6.45, 7) is 3.35. The first-order valence-corrected chi connectivity index (χ1v) is 13.1. The van der Waals surface area contributed by atoms with Crippen LogP contribution in [0.25, 0.3) is 11.2 Å². The van der Waals surface area contributed by atoms with E-state index in [1.165, 1.54) is 6.92 Å². The zero-order valence-corrected chi connectivity index (χ0v) is 21.5. The molecule has 2 atom stereocenters. The molecule has 0 bridgehead atoms. The number of nitrogen functional groups attached to an aromatic ring is 2. The van der Waals surface area contributed by atoms with Crippen molar-refractivity contribution in [2.45, 2.75) is 26.5 Å². The van der Waals surface area contributed by atoms with Gasteiger partial charge in [0.2, 0.25) is 5.95 Å². The molecular weight excluding hydrogens is 503 g/mol. The number of benzene rings is 1. The van der Waals surface area contributed by atoms with Gasteiger partial charge in [0.05, 0.1) is 31.2 Å². The molecular formula is C22H29N8O6P. The van der Waals surface area contributed by atoms with Gasteiger partial charge >= 0.3 is 13.6 Å². The quantitative estimate of drug-likeness (QED) is 0.202. The summed E-state index contributed by atoms with van der Waals surface area (Å²) in [5, 5.41) is 2.57. The topological polar surface area (TPSA) is 209 Å². The van der Waals surface area contributed by atoms with Crippen molar-refractivity contribution >= 4 is 48.1 Å². The van der Waals surface area contributed by atoms with Gasteiger partial charge in [-0.25, -0.2) is 14.8 Å². The summed E-state index contributed by atoms with van der Waals surface area (Å²) in [5.41, 5.74) is 13.9. The molecule has 0 aliphatic carbocycles. The van der Waals surface area contributed by atoms with Gasteiger partial charge in [0, 0.05) is 24.8 Å². The first-order chi connectivity index (χ1) is 17.5. The van der Waals surface area contributed by atoms with Crippen LogP contribution in [0.3, 0.4) is 0 Å².